The summed E-state index contributed by atoms with van der Waals surface area (Å²) in [5, 5.41) is 5.06. The number of anilines is 3. The van der Waals surface area contributed by atoms with E-state index in [-0.39, 0.29) is 5.69 Å². The molecule has 0 saturated carbocycles. The normalized spacial score (nSPS) is 14.0. The van der Waals surface area contributed by atoms with Crippen molar-refractivity contribution in [2.45, 2.75) is 6.18 Å². The van der Waals surface area contributed by atoms with Gasteiger partial charge in [0.05, 0.1) is 36.0 Å². The average molecular weight is 493 g/mol. The fourth-order valence-corrected chi connectivity index (χ4v) is 3.94. The lowest BCUT2D eigenvalue weighted by molar-refractivity contribution is -0.137. The number of aromatic nitrogens is 2. The van der Waals surface area contributed by atoms with Gasteiger partial charge in [0.2, 0.25) is 0 Å². The summed E-state index contributed by atoms with van der Waals surface area (Å²) >= 11 is 0. The summed E-state index contributed by atoms with van der Waals surface area (Å²) in [6.07, 6.45) is -2.71. The van der Waals surface area contributed by atoms with E-state index in [1.807, 2.05) is 30.3 Å². The van der Waals surface area contributed by atoms with Gasteiger partial charge in [-0.15, -0.1) is 0 Å². The van der Waals surface area contributed by atoms with Crippen LogP contribution in [0.2, 0.25) is 0 Å². The molecule has 2 amide bonds. The molecule has 0 spiro atoms. The molecule has 0 radical (unpaired) electrons. The van der Waals surface area contributed by atoms with Crippen LogP contribution in [0.4, 0.5) is 35.2 Å². The Morgan fingerprint density at radius 3 is 2.33 bits per heavy atom. The minimum Gasteiger partial charge on any atom is -0.378 e. The van der Waals surface area contributed by atoms with Crippen molar-refractivity contribution in [3.8, 4) is 11.1 Å². The molecule has 5 rings (SSSR count). The number of nitrogens with zero attached hydrogens (tertiary/aromatic N) is 3. The Morgan fingerprint density at radius 1 is 0.861 bits per heavy atom. The van der Waals surface area contributed by atoms with Gasteiger partial charge in [0.15, 0.2) is 0 Å². The number of hydrogen-bond acceptors (Lipinski definition) is 5. The van der Waals surface area contributed by atoms with Crippen LogP contribution in [0.25, 0.3) is 22.2 Å². The molecule has 0 unspecified atom stereocenters. The highest BCUT2D eigenvalue weighted by Gasteiger charge is 2.30. The number of carbonyl (C=O) groups excluding carboxylic acids is 1. The van der Waals surface area contributed by atoms with Gasteiger partial charge in [0, 0.05) is 24.5 Å². The summed E-state index contributed by atoms with van der Waals surface area (Å²) in [5.41, 5.74) is 3.14. The van der Waals surface area contributed by atoms with Crippen molar-refractivity contribution < 1.29 is 22.7 Å². The monoisotopic (exact) mass is 493 g/mol. The van der Waals surface area contributed by atoms with Crippen molar-refractivity contribution in [3.05, 3.63) is 78.5 Å². The van der Waals surface area contributed by atoms with Crippen molar-refractivity contribution in [3.63, 3.8) is 0 Å². The zero-order valence-corrected chi connectivity index (χ0v) is 19.0. The van der Waals surface area contributed by atoms with Crippen molar-refractivity contribution in [2.75, 3.05) is 41.8 Å². The summed E-state index contributed by atoms with van der Waals surface area (Å²) in [6.45, 7) is 2.88. The summed E-state index contributed by atoms with van der Waals surface area (Å²) in [6, 6.07) is 16.8. The quantitative estimate of drug-likeness (QED) is 0.376. The van der Waals surface area contributed by atoms with E-state index >= 15 is 0 Å². The van der Waals surface area contributed by atoms with Crippen molar-refractivity contribution in [1.29, 1.82) is 0 Å². The summed E-state index contributed by atoms with van der Waals surface area (Å²) in [4.78, 5) is 23.7. The fourth-order valence-electron chi connectivity index (χ4n) is 3.94. The van der Waals surface area contributed by atoms with E-state index < -0.39 is 17.8 Å². The number of nitrogens with one attached hydrogen (secondary N) is 2. The lowest BCUT2D eigenvalue weighted by Gasteiger charge is -2.27. The summed E-state index contributed by atoms with van der Waals surface area (Å²) < 4.78 is 44.0. The number of morpholine rings is 1. The summed E-state index contributed by atoms with van der Waals surface area (Å²) in [7, 11) is 0. The Hall–Kier alpha value is -4.18. The van der Waals surface area contributed by atoms with Crippen LogP contribution in [0.1, 0.15) is 5.56 Å². The highest BCUT2D eigenvalue weighted by molar-refractivity contribution is 6.00. The van der Waals surface area contributed by atoms with Crippen LogP contribution in [0.15, 0.2) is 72.9 Å². The topological polar surface area (TPSA) is 79.4 Å². The lowest BCUT2D eigenvalue weighted by Crippen LogP contribution is -2.36. The van der Waals surface area contributed by atoms with Crippen molar-refractivity contribution in [2.24, 2.45) is 0 Å². The number of benzene rings is 3. The van der Waals surface area contributed by atoms with Gasteiger partial charge in [-0.05, 0) is 53.6 Å². The number of alkyl halides is 3. The Morgan fingerprint density at radius 2 is 1.58 bits per heavy atom. The second-order valence-corrected chi connectivity index (χ2v) is 8.27. The van der Waals surface area contributed by atoms with E-state index in [9.17, 15) is 18.0 Å². The maximum Gasteiger partial charge on any atom is 0.416 e. The van der Waals surface area contributed by atoms with E-state index in [4.69, 9.17) is 9.72 Å². The largest absolute Gasteiger partial charge is 0.416 e. The van der Waals surface area contributed by atoms with Crippen LogP contribution < -0.4 is 15.5 Å². The van der Waals surface area contributed by atoms with Gasteiger partial charge in [-0.1, -0.05) is 24.3 Å². The van der Waals surface area contributed by atoms with Gasteiger partial charge < -0.3 is 20.3 Å². The Balaban J connectivity index is 1.28. The average Bonchev–Trinajstić information content (AvgIpc) is 2.88. The van der Waals surface area contributed by atoms with E-state index in [0.29, 0.717) is 18.9 Å². The molecule has 2 heterocycles. The van der Waals surface area contributed by atoms with Crippen LogP contribution in [-0.4, -0.2) is 42.3 Å². The van der Waals surface area contributed by atoms with Crippen LogP contribution in [0.3, 0.4) is 0 Å². The molecule has 4 aromatic rings. The molecule has 7 nitrogen and oxygen atoms in total. The number of fused-ring (bicyclic) bond motifs is 1. The Labute approximate surface area is 204 Å². The minimum absolute atomic E-state index is 0.0488. The van der Waals surface area contributed by atoms with E-state index in [0.717, 1.165) is 53.2 Å². The standard InChI is InChI=1S/C26H22F3N5O2/c27-26(28,29)19-2-1-3-21(15-19)32-25(35)31-20-7-4-17(5-8-20)18-6-9-22-23(14-18)33-24(16-30-22)34-10-12-36-13-11-34/h1-9,14-16H,10-13H2,(H2,31,32,35). The van der Waals surface area contributed by atoms with Crippen LogP contribution in [0.5, 0.6) is 0 Å². The second kappa shape index (κ2) is 9.82. The zero-order valence-electron chi connectivity index (χ0n) is 19.0. The van der Waals surface area contributed by atoms with Gasteiger partial charge in [0.1, 0.15) is 5.82 Å². The van der Waals surface area contributed by atoms with Gasteiger partial charge in [-0.25, -0.2) is 9.78 Å². The maximum absolute atomic E-state index is 12.9. The van der Waals surface area contributed by atoms with Gasteiger partial charge in [-0.3, -0.25) is 4.98 Å². The van der Waals surface area contributed by atoms with Crippen LogP contribution >= 0.6 is 0 Å². The minimum atomic E-state index is -4.48. The zero-order chi connectivity index (χ0) is 25.1. The number of carbonyl (C=O) groups is 1. The molecule has 2 N–H and O–H groups in total. The smallest absolute Gasteiger partial charge is 0.378 e. The Bertz CT molecular complexity index is 1390. The van der Waals surface area contributed by atoms with Crippen LogP contribution in [0, 0.1) is 0 Å². The van der Waals surface area contributed by atoms with Crippen molar-refractivity contribution >= 4 is 34.3 Å². The number of urea groups is 1. The predicted molar refractivity (Wildman–Crippen MR) is 132 cm³/mol. The number of hydrogen-bond donors (Lipinski definition) is 2. The molecule has 0 atom stereocenters. The molecule has 1 aliphatic rings. The number of halogens is 3. The first-order chi connectivity index (χ1) is 17.3. The molecule has 1 saturated heterocycles. The van der Waals surface area contributed by atoms with E-state index in [2.05, 4.69) is 20.5 Å². The van der Waals surface area contributed by atoms with E-state index in [1.54, 1.807) is 18.3 Å². The second-order valence-electron chi connectivity index (χ2n) is 8.27. The molecule has 1 aliphatic heterocycles. The lowest BCUT2D eigenvalue weighted by atomic mass is 10.0. The fraction of sp³-hybridized carbons (Fsp3) is 0.192. The number of rotatable bonds is 4. The molecule has 1 fully saturated rings. The molecular weight excluding hydrogens is 471 g/mol. The van der Waals surface area contributed by atoms with Gasteiger partial charge >= 0.3 is 12.2 Å². The number of amides is 2. The van der Waals surface area contributed by atoms with Crippen LogP contribution in [-0.2, 0) is 10.9 Å². The Kier molecular flexibility index (Phi) is 6.43. The molecule has 0 bridgehead atoms. The van der Waals surface area contributed by atoms with E-state index in [1.165, 1.54) is 12.1 Å². The third-order valence-electron chi connectivity index (χ3n) is 5.79. The van der Waals surface area contributed by atoms with Gasteiger partial charge in [-0.2, -0.15) is 13.2 Å². The van der Waals surface area contributed by atoms with Crippen molar-refractivity contribution in [1.82, 2.24) is 9.97 Å². The third-order valence-corrected chi connectivity index (χ3v) is 5.79. The first-order valence-corrected chi connectivity index (χ1v) is 11.3. The highest BCUT2D eigenvalue weighted by Crippen LogP contribution is 2.31. The maximum atomic E-state index is 12.9. The number of ether oxygens (including phenoxy) is 1. The predicted octanol–water partition coefficient (Wildman–Crippen LogP) is 5.80. The first-order valence-electron chi connectivity index (χ1n) is 11.3. The molecule has 10 heteroatoms. The molecule has 0 aliphatic carbocycles. The highest BCUT2D eigenvalue weighted by atomic mass is 19.4. The molecule has 3 aromatic carbocycles. The molecule has 184 valence electrons. The molecular formula is C26H22F3N5O2. The third kappa shape index (κ3) is 5.38. The molecule has 36 heavy (non-hydrogen) atoms. The van der Waals surface area contributed by atoms with Gasteiger partial charge in [0.25, 0.3) is 0 Å². The molecule has 1 aromatic heterocycles. The summed E-state index contributed by atoms with van der Waals surface area (Å²) in [5.74, 6) is 0.814. The SMILES string of the molecule is O=C(Nc1ccc(-c2ccc3ncc(N4CCOCC4)nc3c2)cc1)Nc1cccc(C(F)(F)F)c1. The first kappa shape index (κ1) is 23.6.